The second-order valence-corrected chi connectivity index (χ2v) is 3.67. The fourth-order valence-electron chi connectivity index (χ4n) is 1.45. The summed E-state index contributed by atoms with van der Waals surface area (Å²) in [6.07, 6.45) is 3.10. The van der Waals surface area contributed by atoms with E-state index in [1.807, 2.05) is 6.07 Å². The number of rotatable bonds is 5. The number of aliphatic carboxylic acids is 1. The van der Waals surface area contributed by atoms with Crippen molar-refractivity contribution >= 4 is 11.8 Å². The molecule has 0 saturated carbocycles. The first-order valence-electron chi connectivity index (χ1n) is 5.39. The molecule has 2 N–H and O–H groups in total. The molecule has 2 aromatic rings. The molecule has 0 spiro atoms. The first-order valence-corrected chi connectivity index (χ1v) is 5.39. The van der Waals surface area contributed by atoms with Crippen LogP contribution in [-0.4, -0.2) is 31.1 Å². The fourth-order valence-corrected chi connectivity index (χ4v) is 1.45. The summed E-state index contributed by atoms with van der Waals surface area (Å²) in [4.78, 5) is 14.5. The summed E-state index contributed by atoms with van der Waals surface area (Å²) in [5, 5.41) is 27.9. The van der Waals surface area contributed by atoms with E-state index in [0.717, 1.165) is 0 Å². The first kappa shape index (κ1) is 12.5. The van der Waals surface area contributed by atoms with E-state index < -0.39 is 5.97 Å². The molecular weight excluding hydrogens is 248 g/mol. The van der Waals surface area contributed by atoms with Crippen molar-refractivity contribution in [3.05, 3.63) is 35.8 Å². The lowest BCUT2D eigenvalue weighted by Gasteiger charge is -2.03. The molecule has 0 aliphatic heterocycles. The quantitative estimate of drug-likeness (QED) is 0.788. The molecule has 96 valence electrons. The lowest BCUT2D eigenvalue weighted by Crippen LogP contribution is -2.09. The zero-order chi connectivity index (χ0) is 13.7. The number of nitriles is 1. The third kappa shape index (κ3) is 3.26. The maximum absolute atomic E-state index is 10.5. The van der Waals surface area contributed by atoms with Crippen molar-refractivity contribution in [1.82, 2.24) is 20.0 Å². The third-order valence-electron chi connectivity index (χ3n) is 2.25. The molecule has 0 aliphatic rings. The van der Waals surface area contributed by atoms with Crippen molar-refractivity contribution < 1.29 is 9.90 Å². The van der Waals surface area contributed by atoms with Gasteiger partial charge in [0.2, 0.25) is 0 Å². The lowest BCUT2D eigenvalue weighted by atomic mass is 10.3. The van der Waals surface area contributed by atoms with Crippen molar-refractivity contribution in [1.29, 1.82) is 5.26 Å². The van der Waals surface area contributed by atoms with Crippen LogP contribution < -0.4 is 5.32 Å². The average Bonchev–Trinajstić information content (AvgIpc) is 2.83. The van der Waals surface area contributed by atoms with Gasteiger partial charge in [-0.3, -0.25) is 4.79 Å². The van der Waals surface area contributed by atoms with Crippen molar-refractivity contribution in [2.75, 3.05) is 5.32 Å². The predicted molar refractivity (Wildman–Crippen MR) is 63.9 cm³/mol. The Morgan fingerprint density at radius 3 is 3.16 bits per heavy atom. The second-order valence-electron chi connectivity index (χ2n) is 3.67. The minimum atomic E-state index is -0.985. The molecule has 0 amide bonds. The minimum Gasteiger partial charge on any atom is -0.480 e. The van der Waals surface area contributed by atoms with E-state index in [1.54, 1.807) is 18.3 Å². The third-order valence-corrected chi connectivity index (χ3v) is 2.25. The molecular formula is C11H10N6O2. The van der Waals surface area contributed by atoms with Gasteiger partial charge in [-0.1, -0.05) is 5.21 Å². The summed E-state index contributed by atoms with van der Waals surface area (Å²) in [6.45, 7) is 0.0747. The number of aromatic nitrogens is 4. The smallest absolute Gasteiger partial charge is 0.325 e. The number of carbonyl (C=O) groups is 1. The highest BCUT2D eigenvalue weighted by atomic mass is 16.4. The molecule has 0 fully saturated rings. The SMILES string of the molecule is N#Cc1cccnc1NCc1cn(CC(=O)O)nn1. The molecule has 19 heavy (non-hydrogen) atoms. The molecule has 2 heterocycles. The van der Waals surface area contributed by atoms with Gasteiger partial charge in [0.1, 0.15) is 24.1 Å². The van der Waals surface area contributed by atoms with E-state index in [4.69, 9.17) is 10.4 Å². The molecule has 0 aromatic carbocycles. The Morgan fingerprint density at radius 1 is 1.58 bits per heavy atom. The van der Waals surface area contributed by atoms with Gasteiger partial charge in [-0.05, 0) is 12.1 Å². The topological polar surface area (TPSA) is 117 Å². The van der Waals surface area contributed by atoms with Crippen LogP contribution >= 0.6 is 0 Å². The van der Waals surface area contributed by atoms with Gasteiger partial charge >= 0.3 is 5.97 Å². The predicted octanol–water partition coefficient (Wildman–Crippen LogP) is 0.241. The van der Waals surface area contributed by atoms with Crippen LogP contribution in [0.15, 0.2) is 24.5 Å². The number of pyridine rings is 1. The van der Waals surface area contributed by atoms with E-state index in [-0.39, 0.29) is 6.54 Å². The van der Waals surface area contributed by atoms with Crippen LogP contribution in [0.25, 0.3) is 0 Å². The maximum atomic E-state index is 10.5. The molecule has 8 nitrogen and oxygen atoms in total. The van der Waals surface area contributed by atoms with E-state index in [9.17, 15) is 4.79 Å². The van der Waals surface area contributed by atoms with Crippen molar-refractivity contribution in [2.24, 2.45) is 0 Å². The normalized spacial score (nSPS) is 9.84. The Labute approximate surface area is 108 Å². The molecule has 0 aliphatic carbocycles. The van der Waals surface area contributed by atoms with E-state index in [2.05, 4.69) is 20.6 Å². The summed E-state index contributed by atoms with van der Waals surface area (Å²) < 4.78 is 1.23. The van der Waals surface area contributed by atoms with Crippen LogP contribution in [-0.2, 0) is 17.9 Å². The van der Waals surface area contributed by atoms with Crippen LogP contribution in [0.5, 0.6) is 0 Å². The molecule has 0 atom stereocenters. The molecule has 2 aromatic heterocycles. The Kier molecular flexibility index (Phi) is 3.68. The zero-order valence-electron chi connectivity index (χ0n) is 9.82. The van der Waals surface area contributed by atoms with Crippen LogP contribution in [0.4, 0.5) is 5.82 Å². The van der Waals surface area contributed by atoms with Gasteiger partial charge in [-0.2, -0.15) is 5.26 Å². The van der Waals surface area contributed by atoms with Gasteiger partial charge in [-0.25, -0.2) is 9.67 Å². The minimum absolute atomic E-state index is 0.236. The average molecular weight is 258 g/mol. The van der Waals surface area contributed by atoms with Crippen molar-refractivity contribution in [2.45, 2.75) is 13.1 Å². The molecule has 0 unspecified atom stereocenters. The van der Waals surface area contributed by atoms with Gasteiger partial charge in [0.25, 0.3) is 0 Å². The Balaban J connectivity index is 2.01. The fraction of sp³-hybridized carbons (Fsp3) is 0.182. The Morgan fingerprint density at radius 2 is 2.42 bits per heavy atom. The largest absolute Gasteiger partial charge is 0.480 e. The number of carboxylic acids is 1. The highest BCUT2D eigenvalue weighted by Gasteiger charge is 2.06. The van der Waals surface area contributed by atoms with Crippen molar-refractivity contribution in [3.8, 4) is 6.07 Å². The number of anilines is 1. The number of nitrogens with one attached hydrogen (secondary N) is 1. The number of nitrogens with zero attached hydrogens (tertiary/aromatic N) is 5. The Bertz CT molecular complexity index is 630. The van der Waals surface area contributed by atoms with Gasteiger partial charge in [0.15, 0.2) is 0 Å². The Hall–Kier alpha value is -2.95. The maximum Gasteiger partial charge on any atom is 0.325 e. The van der Waals surface area contributed by atoms with Crippen LogP contribution in [0.1, 0.15) is 11.3 Å². The second kappa shape index (κ2) is 5.59. The van der Waals surface area contributed by atoms with Gasteiger partial charge in [0, 0.05) is 6.20 Å². The van der Waals surface area contributed by atoms with Gasteiger partial charge in [0.05, 0.1) is 18.3 Å². The summed E-state index contributed by atoms with van der Waals surface area (Å²) >= 11 is 0. The summed E-state index contributed by atoms with van der Waals surface area (Å²) in [6, 6.07) is 5.34. The van der Waals surface area contributed by atoms with Crippen LogP contribution in [0.3, 0.4) is 0 Å². The van der Waals surface area contributed by atoms with Gasteiger partial charge < -0.3 is 10.4 Å². The molecule has 2 rings (SSSR count). The molecule has 0 radical (unpaired) electrons. The number of carboxylic acid groups (broad SMARTS) is 1. The summed E-state index contributed by atoms with van der Waals surface area (Å²) in [5.74, 6) is -0.529. The highest BCUT2D eigenvalue weighted by Crippen LogP contribution is 2.10. The van der Waals surface area contributed by atoms with Gasteiger partial charge in [-0.15, -0.1) is 5.10 Å². The molecule has 0 saturated heterocycles. The standard InChI is InChI=1S/C11H10N6O2/c12-4-8-2-1-3-13-11(8)14-5-9-6-17(16-15-9)7-10(18)19/h1-3,6H,5,7H2,(H,13,14)(H,18,19). The molecule has 0 bridgehead atoms. The lowest BCUT2D eigenvalue weighted by molar-refractivity contribution is -0.137. The number of hydrogen-bond donors (Lipinski definition) is 2. The monoisotopic (exact) mass is 258 g/mol. The van der Waals surface area contributed by atoms with E-state index >= 15 is 0 Å². The summed E-state index contributed by atoms with van der Waals surface area (Å²) in [5.41, 5.74) is 0.997. The van der Waals surface area contributed by atoms with Crippen molar-refractivity contribution in [3.63, 3.8) is 0 Å². The highest BCUT2D eigenvalue weighted by molar-refractivity contribution is 5.66. The molecule has 8 heteroatoms. The number of hydrogen-bond acceptors (Lipinski definition) is 6. The van der Waals surface area contributed by atoms with Crippen LogP contribution in [0, 0.1) is 11.3 Å². The van der Waals surface area contributed by atoms with E-state index in [1.165, 1.54) is 10.9 Å². The van der Waals surface area contributed by atoms with E-state index in [0.29, 0.717) is 23.6 Å². The zero-order valence-corrected chi connectivity index (χ0v) is 9.82. The summed E-state index contributed by atoms with van der Waals surface area (Å²) in [7, 11) is 0. The first-order chi connectivity index (χ1) is 9.19. The van der Waals surface area contributed by atoms with Crippen LogP contribution in [0.2, 0.25) is 0 Å².